The normalized spacial score (nSPS) is 13.2. The highest BCUT2D eigenvalue weighted by Crippen LogP contribution is 1.96. The van der Waals surface area contributed by atoms with Gasteiger partial charge < -0.3 is 14.9 Å². The Morgan fingerprint density at radius 2 is 2.00 bits per heavy atom. The van der Waals surface area contributed by atoms with Crippen LogP contribution in [0.2, 0.25) is 0 Å². The van der Waals surface area contributed by atoms with Crippen molar-refractivity contribution in [3.05, 3.63) is 0 Å². The summed E-state index contributed by atoms with van der Waals surface area (Å²) < 4.78 is 5.24. The first-order valence-corrected chi connectivity index (χ1v) is 4.68. The van der Waals surface area contributed by atoms with Gasteiger partial charge in [0.05, 0.1) is 12.7 Å². The van der Waals surface area contributed by atoms with Crippen LogP contribution in [0.25, 0.3) is 0 Å². The molecule has 0 aliphatic carbocycles. The van der Waals surface area contributed by atoms with Crippen LogP contribution in [0.1, 0.15) is 32.6 Å². The van der Waals surface area contributed by atoms with Gasteiger partial charge in [-0.3, -0.25) is 0 Å². The monoisotopic (exact) mass is 176 g/mol. The standard InChI is InChI=1S/C9H20O3/c1-2-3-4-6-12-7-5-9(11)8-10/h9-11H,2-8H2,1H3. The van der Waals surface area contributed by atoms with Crippen molar-refractivity contribution in [2.75, 3.05) is 19.8 Å². The number of rotatable bonds is 8. The van der Waals surface area contributed by atoms with Crippen LogP contribution in [-0.4, -0.2) is 36.1 Å². The van der Waals surface area contributed by atoms with E-state index >= 15 is 0 Å². The van der Waals surface area contributed by atoms with E-state index in [2.05, 4.69) is 6.92 Å². The first-order valence-electron chi connectivity index (χ1n) is 4.68. The molecule has 0 saturated carbocycles. The second kappa shape index (κ2) is 8.97. The number of hydrogen-bond acceptors (Lipinski definition) is 3. The van der Waals surface area contributed by atoms with Gasteiger partial charge in [-0.15, -0.1) is 0 Å². The molecule has 0 spiro atoms. The molecule has 2 N–H and O–H groups in total. The maximum Gasteiger partial charge on any atom is 0.0792 e. The highest BCUT2D eigenvalue weighted by atomic mass is 16.5. The van der Waals surface area contributed by atoms with Gasteiger partial charge in [-0.05, 0) is 12.8 Å². The SMILES string of the molecule is CCCCCOCCC(O)CO. The first-order chi connectivity index (χ1) is 5.81. The summed E-state index contributed by atoms with van der Waals surface area (Å²) in [5, 5.41) is 17.4. The number of aliphatic hydroxyl groups excluding tert-OH is 2. The quantitative estimate of drug-likeness (QED) is 0.541. The van der Waals surface area contributed by atoms with Crippen LogP contribution in [0, 0.1) is 0 Å². The molecule has 74 valence electrons. The minimum absolute atomic E-state index is 0.168. The fraction of sp³-hybridized carbons (Fsp3) is 1.00. The van der Waals surface area contributed by atoms with Gasteiger partial charge in [0, 0.05) is 13.2 Å². The first kappa shape index (κ1) is 11.9. The van der Waals surface area contributed by atoms with Crippen molar-refractivity contribution in [2.24, 2.45) is 0 Å². The van der Waals surface area contributed by atoms with Crippen molar-refractivity contribution in [3.8, 4) is 0 Å². The van der Waals surface area contributed by atoms with E-state index in [1.807, 2.05) is 0 Å². The Labute approximate surface area is 74.4 Å². The maximum atomic E-state index is 8.93. The van der Waals surface area contributed by atoms with Crippen molar-refractivity contribution in [2.45, 2.75) is 38.7 Å². The third-order valence-electron chi connectivity index (χ3n) is 1.70. The molecule has 0 bridgehead atoms. The third kappa shape index (κ3) is 7.98. The van der Waals surface area contributed by atoms with E-state index in [0.717, 1.165) is 13.0 Å². The minimum atomic E-state index is -0.615. The number of unbranched alkanes of at least 4 members (excludes halogenated alkanes) is 2. The molecule has 0 aromatic heterocycles. The van der Waals surface area contributed by atoms with E-state index in [4.69, 9.17) is 14.9 Å². The molecule has 0 saturated heterocycles. The van der Waals surface area contributed by atoms with E-state index in [1.165, 1.54) is 12.8 Å². The summed E-state index contributed by atoms with van der Waals surface area (Å²) in [5.74, 6) is 0. The molecule has 0 amide bonds. The van der Waals surface area contributed by atoms with E-state index in [-0.39, 0.29) is 6.61 Å². The van der Waals surface area contributed by atoms with E-state index < -0.39 is 6.10 Å². The van der Waals surface area contributed by atoms with Crippen molar-refractivity contribution in [3.63, 3.8) is 0 Å². The molecule has 0 aliphatic heterocycles. The highest BCUT2D eigenvalue weighted by Gasteiger charge is 2.00. The van der Waals surface area contributed by atoms with Crippen molar-refractivity contribution >= 4 is 0 Å². The molecule has 1 unspecified atom stereocenters. The fourth-order valence-corrected chi connectivity index (χ4v) is 0.867. The maximum absolute atomic E-state index is 8.93. The van der Waals surface area contributed by atoms with Crippen LogP contribution in [0.5, 0.6) is 0 Å². The predicted octanol–water partition coefficient (Wildman–Crippen LogP) is 0.936. The van der Waals surface area contributed by atoms with Gasteiger partial charge in [0.2, 0.25) is 0 Å². The summed E-state index contributed by atoms with van der Waals surface area (Å²) in [5.41, 5.74) is 0. The van der Waals surface area contributed by atoms with Gasteiger partial charge in [0.15, 0.2) is 0 Å². The lowest BCUT2D eigenvalue weighted by atomic mass is 10.2. The van der Waals surface area contributed by atoms with Crippen LogP contribution in [0.3, 0.4) is 0 Å². The smallest absolute Gasteiger partial charge is 0.0792 e. The molecule has 3 heteroatoms. The molecule has 0 rings (SSSR count). The number of aliphatic hydroxyl groups is 2. The second-order valence-corrected chi connectivity index (χ2v) is 2.94. The van der Waals surface area contributed by atoms with Crippen LogP contribution in [0.4, 0.5) is 0 Å². The summed E-state index contributed by atoms with van der Waals surface area (Å²) in [6.07, 6.45) is 3.40. The fourth-order valence-electron chi connectivity index (χ4n) is 0.867. The van der Waals surface area contributed by atoms with Crippen molar-refractivity contribution in [1.82, 2.24) is 0 Å². The summed E-state index contributed by atoms with van der Waals surface area (Å²) in [6, 6.07) is 0. The zero-order valence-corrected chi connectivity index (χ0v) is 7.83. The van der Waals surface area contributed by atoms with E-state index in [0.29, 0.717) is 13.0 Å². The Bertz CT molecular complexity index is 85.8. The molecule has 0 heterocycles. The number of ether oxygens (including phenoxy) is 1. The molecule has 0 aliphatic rings. The van der Waals surface area contributed by atoms with Gasteiger partial charge in [0.25, 0.3) is 0 Å². The molecule has 1 atom stereocenters. The Balaban J connectivity index is 2.90. The molecule has 0 fully saturated rings. The second-order valence-electron chi connectivity index (χ2n) is 2.94. The van der Waals surface area contributed by atoms with Gasteiger partial charge in [-0.25, -0.2) is 0 Å². The topological polar surface area (TPSA) is 49.7 Å². The van der Waals surface area contributed by atoms with E-state index in [1.54, 1.807) is 0 Å². The highest BCUT2D eigenvalue weighted by molar-refractivity contribution is 4.50. The molecule has 3 nitrogen and oxygen atoms in total. The summed E-state index contributed by atoms with van der Waals surface area (Å²) in [6.45, 7) is 3.30. The van der Waals surface area contributed by atoms with Gasteiger partial charge in [0.1, 0.15) is 0 Å². The average molecular weight is 176 g/mol. The third-order valence-corrected chi connectivity index (χ3v) is 1.70. The van der Waals surface area contributed by atoms with Crippen molar-refractivity contribution in [1.29, 1.82) is 0 Å². The Hall–Kier alpha value is -0.120. The van der Waals surface area contributed by atoms with Crippen LogP contribution >= 0.6 is 0 Å². The molecule has 0 aromatic rings. The zero-order valence-electron chi connectivity index (χ0n) is 7.83. The average Bonchev–Trinajstić information content (AvgIpc) is 2.10. The van der Waals surface area contributed by atoms with E-state index in [9.17, 15) is 0 Å². The lowest BCUT2D eigenvalue weighted by Crippen LogP contribution is -2.14. The molecule has 12 heavy (non-hydrogen) atoms. The Morgan fingerprint density at radius 3 is 2.58 bits per heavy atom. The van der Waals surface area contributed by atoms with Gasteiger partial charge in [-0.1, -0.05) is 19.8 Å². The van der Waals surface area contributed by atoms with Crippen LogP contribution in [0.15, 0.2) is 0 Å². The molecular weight excluding hydrogens is 156 g/mol. The molecule has 0 aromatic carbocycles. The van der Waals surface area contributed by atoms with Crippen LogP contribution in [-0.2, 0) is 4.74 Å². The van der Waals surface area contributed by atoms with Crippen LogP contribution < -0.4 is 0 Å². The Kier molecular flexibility index (Phi) is 8.88. The Morgan fingerprint density at radius 1 is 1.25 bits per heavy atom. The molecule has 0 radical (unpaired) electrons. The lowest BCUT2D eigenvalue weighted by Gasteiger charge is -2.07. The summed E-state index contributed by atoms with van der Waals surface area (Å²) in [4.78, 5) is 0. The van der Waals surface area contributed by atoms with Gasteiger partial charge in [-0.2, -0.15) is 0 Å². The summed E-state index contributed by atoms with van der Waals surface area (Å²) in [7, 11) is 0. The summed E-state index contributed by atoms with van der Waals surface area (Å²) >= 11 is 0. The minimum Gasteiger partial charge on any atom is -0.394 e. The largest absolute Gasteiger partial charge is 0.394 e. The zero-order chi connectivity index (χ0) is 9.23. The number of hydrogen-bond donors (Lipinski definition) is 2. The molecular formula is C9H20O3. The predicted molar refractivity (Wildman–Crippen MR) is 48.1 cm³/mol. The van der Waals surface area contributed by atoms with Gasteiger partial charge >= 0.3 is 0 Å². The lowest BCUT2D eigenvalue weighted by molar-refractivity contribution is 0.0476. The van der Waals surface area contributed by atoms with Crippen molar-refractivity contribution < 1.29 is 14.9 Å².